The summed E-state index contributed by atoms with van der Waals surface area (Å²) >= 11 is 0. The molecular formula is C20H24N2O3. The maximum absolute atomic E-state index is 12.1. The van der Waals surface area contributed by atoms with Gasteiger partial charge < -0.3 is 15.4 Å². The number of hydrogen-bond acceptors (Lipinski definition) is 4. The van der Waals surface area contributed by atoms with Crippen LogP contribution in [-0.2, 0) is 9.53 Å². The number of carbonyl (C=O) groups is 2. The van der Waals surface area contributed by atoms with E-state index in [1.807, 2.05) is 50.2 Å². The Balaban J connectivity index is 1.98. The van der Waals surface area contributed by atoms with Crippen LogP contribution in [-0.4, -0.2) is 19.0 Å². The summed E-state index contributed by atoms with van der Waals surface area (Å²) in [5.74, 6) is -0.251. The minimum atomic E-state index is -0.357. The molecule has 0 saturated carbocycles. The van der Waals surface area contributed by atoms with Gasteiger partial charge >= 0.3 is 5.97 Å². The lowest BCUT2D eigenvalue weighted by Crippen LogP contribution is -2.21. The average molecular weight is 340 g/mol. The zero-order valence-corrected chi connectivity index (χ0v) is 14.8. The second-order valence-corrected chi connectivity index (χ2v) is 5.77. The Kier molecular flexibility index (Phi) is 6.57. The van der Waals surface area contributed by atoms with Crippen LogP contribution in [0.2, 0.25) is 0 Å². The number of ether oxygens (including phenoxy) is 1. The summed E-state index contributed by atoms with van der Waals surface area (Å²) in [6.45, 7) is 4.04. The molecule has 1 amide bonds. The number of amides is 1. The zero-order valence-electron chi connectivity index (χ0n) is 14.8. The molecule has 0 saturated heterocycles. The van der Waals surface area contributed by atoms with E-state index in [9.17, 15) is 9.59 Å². The molecule has 0 aliphatic carbocycles. The summed E-state index contributed by atoms with van der Waals surface area (Å²) in [5, 5.41) is 6.19. The van der Waals surface area contributed by atoms with Crippen molar-refractivity contribution in [3.63, 3.8) is 0 Å². The minimum Gasteiger partial charge on any atom is -0.465 e. The lowest BCUT2D eigenvalue weighted by atomic mass is 10.0. The normalized spacial score (nSPS) is 10.4. The molecule has 0 radical (unpaired) electrons. The lowest BCUT2D eigenvalue weighted by molar-refractivity contribution is -0.120. The molecule has 0 atom stereocenters. The molecular weight excluding hydrogens is 316 g/mol. The van der Waals surface area contributed by atoms with Crippen LogP contribution in [0.15, 0.2) is 48.5 Å². The Labute approximate surface area is 148 Å². The van der Waals surface area contributed by atoms with Crippen molar-refractivity contribution in [3.8, 4) is 0 Å². The number of carbonyl (C=O) groups excluding carboxylic acids is 2. The number of anilines is 3. The maximum Gasteiger partial charge on any atom is 0.337 e. The van der Waals surface area contributed by atoms with Gasteiger partial charge in [0.15, 0.2) is 0 Å². The van der Waals surface area contributed by atoms with Gasteiger partial charge in [-0.1, -0.05) is 13.8 Å². The fraction of sp³-hybridized carbons (Fsp3) is 0.300. The molecule has 0 spiro atoms. The first kappa shape index (κ1) is 18.5. The summed E-state index contributed by atoms with van der Waals surface area (Å²) in [6.07, 6.45) is 1.67. The van der Waals surface area contributed by atoms with Crippen molar-refractivity contribution in [3.05, 3.63) is 54.1 Å². The van der Waals surface area contributed by atoms with Gasteiger partial charge in [0.05, 0.1) is 12.7 Å². The lowest BCUT2D eigenvalue weighted by Gasteiger charge is -2.13. The molecule has 0 unspecified atom stereocenters. The molecule has 0 aromatic heterocycles. The second-order valence-electron chi connectivity index (χ2n) is 5.77. The molecule has 2 aromatic rings. The Hall–Kier alpha value is -2.82. The first-order chi connectivity index (χ1) is 12.1. The van der Waals surface area contributed by atoms with Gasteiger partial charge in [0, 0.05) is 23.0 Å². The standard InChI is InChI=1S/C20H24N2O3/c1-4-14(5-2)19(23)22-18-12-10-17(11-13-18)21-16-8-6-15(7-9-16)20(24)25-3/h6-14,21H,4-5H2,1-3H3,(H,22,23). The van der Waals surface area contributed by atoms with Gasteiger partial charge in [-0.3, -0.25) is 4.79 Å². The zero-order chi connectivity index (χ0) is 18.2. The van der Waals surface area contributed by atoms with E-state index in [2.05, 4.69) is 15.4 Å². The highest BCUT2D eigenvalue weighted by Gasteiger charge is 2.13. The van der Waals surface area contributed by atoms with Crippen molar-refractivity contribution in [2.75, 3.05) is 17.7 Å². The molecule has 5 nitrogen and oxygen atoms in total. The Morgan fingerprint density at radius 2 is 1.36 bits per heavy atom. The summed E-state index contributed by atoms with van der Waals surface area (Å²) < 4.78 is 4.68. The van der Waals surface area contributed by atoms with Crippen molar-refractivity contribution in [2.24, 2.45) is 5.92 Å². The Morgan fingerprint density at radius 3 is 1.84 bits per heavy atom. The summed E-state index contributed by atoms with van der Waals surface area (Å²) in [5.41, 5.74) is 3.05. The number of nitrogens with one attached hydrogen (secondary N) is 2. The fourth-order valence-electron chi connectivity index (χ4n) is 2.51. The predicted octanol–water partition coefficient (Wildman–Crippen LogP) is 4.59. The highest BCUT2D eigenvalue weighted by atomic mass is 16.5. The van der Waals surface area contributed by atoms with Crippen LogP contribution in [0.25, 0.3) is 0 Å². The number of esters is 1. The van der Waals surface area contributed by atoms with Crippen molar-refractivity contribution < 1.29 is 14.3 Å². The first-order valence-electron chi connectivity index (χ1n) is 8.43. The van der Waals surface area contributed by atoms with Crippen molar-refractivity contribution in [1.82, 2.24) is 0 Å². The highest BCUT2D eigenvalue weighted by Crippen LogP contribution is 2.20. The van der Waals surface area contributed by atoms with E-state index in [4.69, 9.17) is 0 Å². The average Bonchev–Trinajstić information content (AvgIpc) is 2.64. The molecule has 2 aromatic carbocycles. The Bertz CT molecular complexity index is 705. The topological polar surface area (TPSA) is 67.4 Å². The summed E-state index contributed by atoms with van der Waals surface area (Å²) in [6, 6.07) is 14.6. The van der Waals surface area contributed by atoms with Gasteiger partial charge in [0.1, 0.15) is 0 Å². The first-order valence-corrected chi connectivity index (χ1v) is 8.43. The van der Waals surface area contributed by atoms with Crippen LogP contribution < -0.4 is 10.6 Å². The van der Waals surface area contributed by atoms with Gasteiger partial charge in [0.25, 0.3) is 0 Å². The Morgan fingerprint density at radius 1 is 0.880 bits per heavy atom. The van der Waals surface area contributed by atoms with Crippen molar-refractivity contribution in [1.29, 1.82) is 0 Å². The van der Waals surface area contributed by atoms with Crippen LogP contribution in [0.4, 0.5) is 17.1 Å². The molecule has 2 N–H and O–H groups in total. The largest absolute Gasteiger partial charge is 0.465 e. The van der Waals surface area contributed by atoms with Crippen LogP contribution in [0.5, 0.6) is 0 Å². The van der Waals surface area contributed by atoms with E-state index in [0.29, 0.717) is 5.56 Å². The van der Waals surface area contributed by atoms with Crippen LogP contribution in [0.3, 0.4) is 0 Å². The second kappa shape index (κ2) is 8.87. The molecule has 0 aliphatic rings. The van der Waals surface area contributed by atoms with E-state index < -0.39 is 0 Å². The number of rotatable bonds is 7. The van der Waals surface area contributed by atoms with Crippen LogP contribution >= 0.6 is 0 Å². The van der Waals surface area contributed by atoms with E-state index in [-0.39, 0.29) is 17.8 Å². The summed E-state index contributed by atoms with van der Waals surface area (Å²) in [7, 11) is 1.36. The van der Waals surface area contributed by atoms with E-state index in [1.54, 1.807) is 12.1 Å². The van der Waals surface area contributed by atoms with Gasteiger partial charge in [0.2, 0.25) is 5.91 Å². The summed E-state index contributed by atoms with van der Waals surface area (Å²) in [4.78, 5) is 23.5. The molecule has 25 heavy (non-hydrogen) atoms. The van der Waals surface area contributed by atoms with E-state index in [0.717, 1.165) is 29.9 Å². The number of benzene rings is 2. The molecule has 5 heteroatoms. The van der Waals surface area contributed by atoms with Gasteiger partial charge in [-0.2, -0.15) is 0 Å². The monoisotopic (exact) mass is 340 g/mol. The smallest absolute Gasteiger partial charge is 0.337 e. The molecule has 132 valence electrons. The third-order valence-corrected chi connectivity index (χ3v) is 4.10. The SMILES string of the molecule is CCC(CC)C(=O)Nc1ccc(Nc2ccc(C(=O)OC)cc2)cc1. The predicted molar refractivity (Wildman–Crippen MR) is 100 cm³/mol. The quantitative estimate of drug-likeness (QED) is 0.723. The third-order valence-electron chi connectivity index (χ3n) is 4.10. The van der Waals surface area contributed by atoms with Gasteiger partial charge in [-0.25, -0.2) is 4.79 Å². The van der Waals surface area contributed by atoms with Gasteiger partial charge in [-0.15, -0.1) is 0 Å². The molecule has 2 rings (SSSR count). The fourth-order valence-corrected chi connectivity index (χ4v) is 2.51. The van der Waals surface area contributed by atoms with Crippen molar-refractivity contribution in [2.45, 2.75) is 26.7 Å². The van der Waals surface area contributed by atoms with E-state index >= 15 is 0 Å². The van der Waals surface area contributed by atoms with Gasteiger partial charge in [-0.05, 0) is 61.4 Å². The third kappa shape index (κ3) is 5.08. The molecule has 0 aliphatic heterocycles. The number of hydrogen-bond donors (Lipinski definition) is 2. The maximum atomic E-state index is 12.1. The van der Waals surface area contributed by atoms with Crippen molar-refractivity contribution >= 4 is 28.9 Å². The van der Waals surface area contributed by atoms with Crippen LogP contribution in [0.1, 0.15) is 37.0 Å². The highest BCUT2D eigenvalue weighted by molar-refractivity contribution is 5.92. The molecule has 0 bridgehead atoms. The minimum absolute atomic E-state index is 0.0473. The number of methoxy groups -OCH3 is 1. The van der Waals surface area contributed by atoms with Crippen LogP contribution in [0, 0.1) is 5.92 Å². The van der Waals surface area contributed by atoms with E-state index in [1.165, 1.54) is 7.11 Å². The molecule has 0 heterocycles. The molecule has 0 fully saturated rings.